The summed E-state index contributed by atoms with van der Waals surface area (Å²) in [6.07, 6.45) is 0. The van der Waals surface area contributed by atoms with E-state index < -0.39 is 0 Å². The Kier molecular flexibility index (Phi) is 19.9. The summed E-state index contributed by atoms with van der Waals surface area (Å²) in [7, 11) is 0. The average molecular weight is 162 g/mol. The maximum Gasteiger partial charge on any atom is 0.0832 e. The van der Waals surface area contributed by atoms with Crippen molar-refractivity contribution in [1.29, 1.82) is 0 Å². The predicted octanol–water partition coefficient (Wildman–Crippen LogP) is 0.930. The Labute approximate surface area is 45.9 Å². The molecule has 0 amide bonds. The first kappa shape index (κ1) is 8.92. The Bertz CT molecular complexity index is 6.00. The second kappa shape index (κ2) is 8.94. The van der Waals surface area contributed by atoms with Crippen molar-refractivity contribution in [2.75, 3.05) is 0 Å². The molecule has 4 heteroatoms. The molecule has 0 fully saturated rings. The molecule has 0 unspecified atom stereocenters. The summed E-state index contributed by atoms with van der Waals surface area (Å²) in [5.41, 5.74) is 0. The summed E-state index contributed by atoms with van der Waals surface area (Å²) in [6.45, 7) is 0. The Hall–Kier alpha value is 1.10. The van der Waals surface area contributed by atoms with Crippen molar-refractivity contribution in [2.45, 2.75) is 0 Å². The molecule has 4 heavy (non-hydrogen) atoms. The molecule has 0 heterocycles. The van der Waals surface area contributed by atoms with E-state index in [4.69, 9.17) is 0 Å². The van der Waals surface area contributed by atoms with Crippen LogP contribution in [0.1, 0.15) is 0 Å². The van der Waals surface area contributed by atoms with Crippen LogP contribution in [0, 0.1) is 0 Å². The number of rotatable bonds is 0. The van der Waals surface area contributed by atoms with Gasteiger partial charge in [0, 0.05) is 18.0 Å². The van der Waals surface area contributed by atoms with Crippen LogP contribution >= 0.6 is 23.7 Å². The molecular formula is AsCl2O. The van der Waals surface area contributed by atoms with Gasteiger partial charge in [-0.15, -0.1) is 0 Å². The van der Waals surface area contributed by atoms with Crippen molar-refractivity contribution in [2.24, 2.45) is 0 Å². The van der Waals surface area contributed by atoms with E-state index in [1.54, 1.807) is 0 Å². The van der Waals surface area contributed by atoms with Gasteiger partial charge in [-0.3, -0.25) is 0 Å². The molecule has 0 bridgehead atoms. The Morgan fingerprint density at radius 1 is 1.25 bits per heavy atom. The van der Waals surface area contributed by atoms with Crippen LogP contribution in [0.2, 0.25) is 0 Å². The number of halogens is 2. The molecule has 1 nitrogen and oxygen atoms in total. The average Bonchev–Trinajstić information content (AvgIpc) is 0.918. The smallest absolute Gasteiger partial charge is 0.0832 e. The largest absolute Gasteiger partial charge is 0.166 e. The van der Waals surface area contributed by atoms with Crippen LogP contribution < -0.4 is 0 Å². The molecule has 0 atom stereocenters. The first-order valence-corrected chi connectivity index (χ1v) is 0.926. The van der Waals surface area contributed by atoms with Crippen LogP contribution in [0.5, 0.6) is 0 Å². The fraction of sp³-hybridized carbons (Fsp3) is 0. The van der Waals surface area contributed by atoms with E-state index in [-0.39, 0.29) is 18.0 Å². The van der Waals surface area contributed by atoms with Crippen LogP contribution in [0.15, 0.2) is 0 Å². The summed E-state index contributed by atoms with van der Waals surface area (Å²) in [5, 5.41) is 0. The van der Waals surface area contributed by atoms with Gasteiger partial charge in [0.15, 0.2) is 0 Å². The van der Waals surface area contributed by atoms with Crippen molar-refractivity contribution >= 4 is 41.7 Å². The molecular weight excluding hydrogens is 162 g/mol. The van der Waals surface area contributed by atoms with Crippen LogP contribution in [-0.2, 0) is 3.84 Å². The van der Waals surface area contributed by atoms with Crippen molar-refractivity contribution in [3.8, 4) is 0 Å². The zero-order valence-corrected chi connectivity index (χ0v) is 5.00. The summed E-state index contributed by atoms with van der Waals surface area (Å²) in [4.78, 5) is 0. The fourth-order valence-corrected chi connectivity index (χ4v) is 0. The minimum absolute atomic E-state index is 0. The van der Waals surface area contributed by atoms with Crippen molar-refractivity contribution < 1.29 is 3.84 Å². The minimum Gasteiger partial charge on any atom is -0.166 e. The molecule has 0 saturated heterocycles. The van der Waals surface area contributed by atoms with E-state index in [0.717, 1.165) is 0 Å². The second-order valence-electron chi connectivity index (χ2n) is 0.0583. The van der Waals surface area contributed by atoms with E-state index in [1.807, 2.05) is 0 Å². The van der Waals surface area contributed by atoms with E-state index in [2.05, 4.69) is 27.6 Å². The summed E-state index contributed by atoms with van der Waals surface area (Å²) in [5.74, 6) is 0. The number of hydrogen-bond donors (Lipinski definition) is 0. The first-order chi connectivity index (χ1) is 1.41. The summed E-state index contributed by atoms with van der Waals surface area (Å²) < 4.78 is 3.19. The molecule has 0 aliphatic rings. The summed E-state index contributed by atoms with van der Waals surface area (Å²) >= 11 is 8.53. The molecule has 0 aromatic carbocycles. The molecule has 0 aromatic heterocycles. The second-order valence-corrected chi connectivity index (χ2v) is 0.525. The maximum atomic E-state index is 4.26. The summed E-state index contributed by atoms with van der Waals surface area (Å²) in [6, 6.07) is 0. The van der Waals surface area contributed by atoms with Gasteiger partial charge in [0.05, 0.1) is 23.7 Å². The van der Waals surface area contributed by atoms with Crippen LogP contribution in [-0.4, -0.2) is 18.0 Å². The fourth-order valence-electron chi connectivity index (χ4n) is 0. The monoisotopic (exact) mass is 161 g/mol. The third-order valence-electron chi connectivity index (χ3n) is 0. The van der Waals surface area contributed by atoms with Gasteiger partial charge in [-0.05, 0) is 0 Å². The van der Waals surface area contributed by atoms with Gasteiger partial charge in [0.25, 0.3) is 0 Å². The van der Waals surface area contributed by atoms with Crippen molar-refractivity contribution in [3.05, 3.63) is 0 Å². The van der Waals surface area contributed by atoms with Crippen LogP contribution in [0.25, 0.3) is 0 Å². The normalized spacial score (nSPS) is 4.50. The Balaban J connectivity index is 0. The standard InChI is InChI=1S/As.Cl2O/c;1-3-2. The maximum absolute atomic E-state index is 4.26. The van der Waals surface area contributed by atoms with E-state index in [1.165, 1.54) is 0 Å². The SMILES string of the molecule is ClOCl.[As]. The van der Waals surface area contributed by atoms with Gasteiger partial charge >= 0.3 is 0 Å². The van der Waals surface area contributed by atoms with E-state index in [0.29, 0.717) is 0 Å². The topological polar surface area (TPSA) is 9.23 Å². The predicted molar refractivity (Wildman–Crippen MR) is 18.5 cm³/mol. The molecule has 0 spiro atoms. The van der Waals surface area contributed by atoms with Crippen LogP contribution in [0.3, 0.4) is 0 Å². The van der Waals surface area contributed by atoms with Gasteiger partial charge in [-0.2, -0.15) is 3.84 Å². The van der Waals surface area contributed by atoms with Gasteiger partial charge < -0.3 is 0 Å². The van der Waals surface area contributed by atoms with Gasteiger partial charge in [0.2, 0.25) is 0 Å². The van der Waals surface area contributed by atoms with Crippen LogP contribution in [0.4, 0.5) is 0 Å². The van der Waals surface area contributed by atoms with Gasteiger partial charge in [0.1, 0.15) is 0 Å². The van der Waals surface area contributed by atoms with E-state index in [9.17, 15) is 0 Å². The van der Waals surface area contributed by atoms with Crippen molar-refractivity contribution in [1.82, 2.24) is 0 Å². The molecule has 0 aliphatic carbocycles. The zero-order valence-electron chi connectivity index (χ0n) is 1.61. The Morgan fingerprint density at radius 2 is 1.25 bits per heavy atom. The zero-order chi connectivity index (χ0) is 2.71. The van der Waals surface area contributed by atoms with Gasteiger partial charge in [-0.25, -0.2) is 0 Å². The minimum atomic E-state index is 0. The van der Waals surface area contributed by atoms with E-state index >= 15 is 0 Å². The number of hydrogen-bond acceptors (Lipinski definition) is 1. The molecule has 0 N–H and O–H groups in total. The quantitative estimate of drug-likeness (QED) is 0.481. The Morgan fingerprint density at radius 3 is 1.25 bits per heavy atom. The van der Waals surface area contributed by atoms with Gasteiger partial charge in [-0.1, -0.05) is 0 Å². The molecule has 0 aromatic rings. The molecule has 0 aliphatic heterocycles. The third-order valence-corrected chi connectivity index (χ3v) is 0. The van der Waals surface area contributed by atoms with Crippen molar-refractivity contribution in [3.63, 3.8) is 0 Å². The molecule has 0 rings (SSSR count). The molecule has 3 radical (unpaired) electrons. The molecule has 25 valence electrons. The third kappa shape index (κ3) is 11.3. The first-order valence-electron chi connectivity index (χ1n) is 0.309. The molecule has 0 saturated carbocycles.